The molecular weight excluding hydrogens is 335 g/mol. The second kappa shape index (κ2) is 5.68. The molecule has 0 bridgehead atoms. The molecule has 1 saturated heterocycles. The molecule has 9 heteroatoms. The Bertz CT molecular complexity index is 767. The van der Waals surface area contributed by atoms with Crippen LogP contribution in [0.3, 0.4) is 0 Å². The molecule has 3 rings (SSSR count). The normalized spacial score (nSPS) is 16.1. The lowest BCUT2D eigenvalue weighted by atomic mass is 10.2. The van der Waals surface area contributed by atoms with Crippen LogP contribution in [0.15, 0.2) is 12.3 Å². The van der Waals surface area contributed by atoms with E-state index in [0.29, 0.717) is 32.0 Å². The summed E-state index contributed by atoms with van der Waals surface area (Å²) in [6, 6.07) is 0.812. The van der Waals surface area contributed by atoms with E-state index in [9.17, 15) is 18.0 Å². The maximum atomic E-state index is 13.0. The summed E-state index contributed by atoms with van der Waals surface area (Å²) in [7, 11) is 0. The number of aromatic nitrogens is 2. The molecule has 0 aliphatic carbocycles. The van der Waals surface area contributed by atoms with E-state index in [1.165, 1.54) is 4.90 Å². The van der Waals surface area contributed by atoms with Crippen molar-refractivity contribution in [2.75, 3.05) is 26.3 Å². The molecule has 23 heavy (non-hydrogen) atoms. The Hall–Kier alpha value is -1.80. The zero-order chi connectivity index (χ0) is 16.8. The highest BCUT2D eigenvalue weighted by molar-refractivity contribution is 6.33. The topological polar surface area (TPSA) is 46.8 Å². The van der Waals surface area contributed by atoms with Crippen LogP contribution in [-0.4, -0.2) is 46.5 Å². The van der Waals surface area contributed by atoms with Crippen LogP contribution in [0.5, 0.6) is 0 Å². The molecule has 0 atom stereocenters. The lowest BCUT2D eigenvalue weighted by Gasteiger charge is -2.26. The molecular formula is C14H13ClF3N3O2. The van der Waals surface area contributed by atoms with Gasteiger partial charge in [-0.3, -0.25) is 9.20 Å². The second-order valence-corrected chi connectivity index (χ2v) is 5.63. The van der Waals surface area contributed by atoms with Crippen molar-refractivity contribution in [3.05, 3.63) is 34.2 Å². The van der Waals surface area contributed by atoms with E-state index in [4.69, 9.17) is 16.3 Å². The fraction of sp³-hybridized carbons (Fsp3) is 0.429. The van der Waals surface area contributed by atoms with Gasteiger partial charge < -0.3 is 9.64 Å². The number of carbonyl (C=O) groups excluding carboxylic acids is 1. The predicted octanol–water partition coefficient (Wildman–Crippen LogP) is 2.79. The van der Waals surface area contributed by atoms with Crippen LogP contribution >= 0.6 is 11.6 Å². The average molecular weight is 348 g/mol. The molecule has 0 saturated carbocycles. The van der Waals surface area contributed by atoms with E-state index < -0.39 is 11.7 Å². The highest BCUT2D eigenvalue weighted by Gasteiger charge is 2.33. The van der Waals surface area contributed by atoms with Gasteiger partial charge in [-0.1, -0.05) is 11.6 Å². The quantitative estimate of drug-likeness (QED) is 0.797. The lowest BCUT2D eigenvalue weighted by Crippen LogP contribution is -2.41. The summed E-state index contributed by atoms with van der Waals surface area (Å²) in [5.74, 6) is -0.381. The molecule has 0 radical (unpaired) electrons. The van der Waals surface area contributed by atoms with Crippen molar-refractivity contribution >= 4 is 23.2 Å². The van der Waals surface area contributed by atoms with Crippen molar-refractivity contribution in [3.63, 3.8) is 0 Å². The minimum Gasteiger partial charge on any atom is -0.378 e. The zero-order valence-corrected chi connectivity index (χ0v) is 12.9. The van der Waals surface area contributed by atoms with Gasteiger partial charge in [-0.25, -0.2) is 4.98 Å². The molecule has 2 aromatic rings. The summed E-state index contributed by atoms with van der Waals surface area (Å²) in [4.78, 5) is 18.3. The summed E-state index contributed by atoms with van der Waals surface area (Å²) in [6.45, 7) is 3.15. The first-order valence-electron chi connectivity index (χ1n) is 6.91. The van der Waals surface area contributed by atoms with E-state index in [2.05, 4.69) is 4.98 Å². The molecule has 1 fully saturated rings. The summed E-state index contributed by atoms with van der Waals surface area (Å²) in [5, 5.41) is -0.149. The predicted molar refractivity (Wildman–Crippen MR) is 76.7 cm³/mol. The number of fused-ring (bicyclic) bond motifs is 1. The molecule has 0 unspecified atom stereocenters. The number of pyridine rings is 1. The van der Waals surface area contributed by atoms with Gasteiger partial charge in [-0.15, -0.1) is 0 Å². The van der Waals surface area contributed by atoms with Crippen molar-refractivity contribution in [2.45, 2.75) is 13.1 Å². The number of hydrogen-bond acceptors (Lipinski definition) is 3. The van der Waals surface area contributed by atoms with Gasteiger partial charge in [0.05, 0.1) is 29.5 Å². The summed E-state index contributed by atoms with van der Waals surface area (Å²) < 4.78 is 45.3. The van der Waals surface area contributed by atoms with Gasteiger partial charge in [0.2, 0.25) is 0 Å². The molecule has 1 amide bonds. The molecule has 2 aromatic heterocycles. The molecule has 124 valence electrons. The van der Waals surface area contributed by atoms with E-state index in [1.807, 2.05) is 0 Å². The van der Waals surface area contributed by atoms with Crippen LogP contribution in [0.2, 0.25) is 5.02 Å². The van der Waals surface area contributed by atoms with Gasteiger partial charge in [0.1, 0.15) is 5.69 Å². The van der Waals surface area contributed by atoms with Crippen LogP contribution in [0.1, 0.15) is 21.7 Å². The number of hydrogen-bond donors (Lipinski definition) is 0. The number of amides is 1. The number of halogens is 4. The van der Waals surface area contributed by atoms with Crippen LogP contribution in [0, 0.1) is 6.92 Å². The van der Waals surface area contributed by atoms with Gasteiger partial charge in [0, 0.05) is 19.3 Å². The molecule has 5 nitrogen and oxygen atoms in total. The fourth-order valence-electron chi connectivity index (χ4n) is 2.55. The minimum absolute atomic E-state index is 0.0925. The lowest BCUT2D eigenvalue weighted by molar-refractivity contribution is -0.137. The Morgan fingerprint density at radius 2 is 2.00 bits per heavy atom. The molecule has 1 aliphatic rings. The van der Waals surface area contributed by atoms with Gasteiger partial charge in [-0.2, -0.15) is 13.2 Å². The molecule has 3 heterocycles. The van der Waals surface area contributed by atoms with E-state index in [-0.39, 0.29) is 22.3 Å². The summed E-state index contributed by atoms with van der Waals surface area (Å²) in [6.07, 6.45) is -3.70. The molecule has 1 aliphatic heterocycles. The fourth-order valence-corrected chi connectivity index (χ4v) is 2.80. The van der Waals surface area contributed by atoms with Gasteiger partial charge in [-0.05, 0) is 13.0 Å². The van der Waals surface area contributed by atoms with Crippen molar-refractivity contribution < 1.29 is 22.7 Å². The van der Waals surface area contributed by atoms with Gasteiger partial charge >= 0.3 is 6.18 Å². The summed E-state index contributed by atoms with van der Waals surface area (Å²) in [5.41, 5.74) is -0.366. The maximum Gasteiger partial charge on any atom is 0.417 e. The monoisotopic (exact) mass is 347 g/mol. The second-order valence-electron chi connectivity index (χ2n) is 5.22. The smallest absolute Gasteiger partial charge is 0.378 e. The molecule has 0 aromatic carbocycles. The van der Waals surface area contributed by atoms with Crippen LogP contribution in [0.4, 0.5) is 13.2 Å². The Morgan fingerprint density at radius 3 is 2.61 bits per heavy atom. The minimum atomic E-state index is -4.56. The Kier molecular flexibility index (Phi) is 3.97. The Balaban J connectivity index is 2.14. The number of aryl methyl sites for hydroxylation is 1. The zero-order valence-electron chi connectivity index (χ0n) is 12.2. The van der Waals surface area contributed by atoms with Crippen LogP contribution in [0.25, 0.3) is 5.65 Å². The van der Waals surface area contributed by atoms with Gasteiger partial charge in [0.25, 0.3) is 5.91 Å². The first kappa shape index (κ1) is 16.1. The van der Waals surface area contributed by atoms with E-state index in [0.717, 1.165) is 16.7 Å². The van der Waals surface area contributed by atoms with Crippen LogP contribution in [-0.2, 0) is 10.9 Å². The van der Waals surface area contributed by atoms with Gasteiger partial charge in [0.15, 0.2) is 5.65 Å². The van der Waals surface area contributed by atoms with Crippen molar-refractivity contribution in [2.24, 2.45) is 0 Å². The third kappa shape index (κ3) is 2.88. The Morgan fingerprint density at radius 1 is 1.35 bits per heavy atom. The number of carbonyl (C=O) groups is 1. The Labute approximate surface area is 134 Å². The number of ether oxygens (including phenoxy) is 1. The first-order chi connectivity index (χ1) is 10.8. The molecule has 0 spiro atoms. The number of rotatable bonds is 1. The highest BCUT2D eigenvalue weighted by Crippen LogP contribution is 2.33. The number of alkyl halides is 3. The first-order valence-corrected chi connectivity index (χ1v) is 7.29. The van der Waals surface area contributed by atoms with Crippen LogP contribution < -0.4 is 0 Å². The number of morpholine rings is 1. The van der Waals surface area contributed by atoms with Crippen molar-refractivity contribution in [3.8, 4) is 0 Å². The van der Waals surface area contributed by atoms with E-state index in [1.54, 1.807) is 6.92 Å². The third-order valence-electron chi connectivity index (χ3n) is 3.68. The standard InChI is InChI=1S/C14H13ClF3N3O2/c1-8-11(13(22)20-2-4-23-5-3-20)21-7-9(14(16,17)18)6-10(15)12(21)19-8/h6-7H,2-5H2,1H3. The largest absolute Gasteiger partial charge is 0.417 e. The highest BCUT2D eigenvalue weighted by atomic mass is 35.5. The van der Waals surface area contributed by atoms with Crippen molar-refractivity contribution in [1.82, 2.24) is 14.3 Å². The molecule has 0 N–H and O–H groups in total. The third-order valence-corrected chi connectivity index (χ3v) is 3.96. The van der Waals surface area contributed by atoms with E-state index >= 15 is 0 Å². The SMILES string of the molecule is Cc1nc2c(Cl)cc(C(F)(F)F)cn2c1C(=O)N1CCOCC1. The number of imidazole rings is 1. The maximum absolute atomic E-state index is 13.0. The average Bonchev–Trinajstić information content (AvgIpc) is 2.83. The summed E-state index contributed by atoms with van der Waals surface area (Å²) >= 11 is 5.92. The van der Waals surface area contributed by atoms with Crippen molar-refractivity contribution in [1.29, 1.82) is 0 Å². The number of nitrogens with zero attached hydrogens (tertiary/aromatic N) is 3.